The Morgan fingerprint density at radius 2 is 2.00 bits per heavy atom. The van der Waals surface area contributed by atoms with Gasteiger partial charge in [0.15, 0.2) is 5.82 Å². The molecule has 1 N–H and O–H groups in total. The van der Waals surface area contributed by atoms with Crippen LogP contribution in [-0.2, 0) is 0 Å². The first kappa shape index (κ1) is 7.03. The molecule has 3 heteroatoms. The van der Waals surface area contributed by atoms with Crippen LogP contribution in [-0.4, -0.2) is 4.98 Å². The van der Waals surface area contributed by atoms with Crippen molar-refractivity contribution in [2.45, 2.75) is 0 Å². The Bertz CT molecular complexity index is 475. The van der Waals surface area contributed by atoms with Gasteiger partial charge in [-0.2, -0.15) is 0 Å². The van der Waals surface area contributed by atoms with Gasteiger partial charge in [0.25, 0.3) is 5.56 Å². The molecule has 1 aromatic carbocycles. The summed E-state index contributed by atoms with van der Waals surface area (Å²) in [5.74, 6) is -0.715. The maximum atomic E-state index is 13.1. The summed E-state index contributed by atoms with van der Waals surface area (Å²) in [5, 5.41) is 1.07. The molecule has 2 aromatic rings. The standard InChI is InChI=1S/C9H6FNO/c10-8-7-4-2-1-3-6(7)5-11-9(8)12/h1-5H,(H,11,12). The zero-order valence-corrected chi connectivity index (χ0v) is 6.17. The van der Waals surface area contributed by atoms with Gasteiger partial charge in [-0.05, 0) is 0 Å². The number of hydrogen-bond acceptors (Lipinski definition) is 1. The summed E-state index contributed by atoms with van der Waals surface area (Å²) < 4.78 is 13.1. The molecule has 0 radical (unpaired) electrons. The first-order valence-corrected chi connectivity index (χ1v) is 3.55. The normalized spacial score (nSPS) is 10.4. The molecule has 0 bridgehead atoms. The molecule has 1 heterocycles. The van der Waals surface area contributed by atoms with Crippen molar-refractivity contribution in [3.8, 4) is 0 Å². The average Bonchev–Trinajstić information content (AvgIpc) is 2.12. The predicted octanol–water partition coefficient (Wildman–Crippen LogP) is 1.67. The number of pyridine rings is 1. The van der Waals surface area contributed by atoms with E-state index in [2.05, 4.69) is 4.98 Å². The van der Waals surface area contributed by atoms with Gasteiger partial charge in [0.2, 0.25) is 0 Å². The molecule has 2 rings (SSSR count). The fourth-order valence-electron chi connectivity index (χ4n) is 1.15. The van der Waals surface area contributed by atoms with Crippen LogP contribution in [0, 0.1) is 5.82 Å². The molecule has 1 aromatic heterocycles. The van der Waals surface area contributed by atoms with Gasteiger partial charge in [0.1, 0.15) is 0 Å². The molecule has 0 amide bonds. The van der Waals surface area contributed by atoms with E-state index in [0.717, 1.165) is 0 Å². The molecule has 12 heavy (non-hydrogen) atoms. The number of hydrogen-bond donors (Lipinski definition) is 1. The largest absolute Gasteiger partial charge is 0.326 e. The van der Waals surface area contributed by atoms with E-state index in [0.29, 0.717) is 10.8 Å². The lowest BCUT2D eigenvalue weighted by atomic mass is 10.2. The monoisotopic (exact) mass is 163 g/mol. The van der Waals surface area contributed by atoms with Gasteiger partial charge in [-0.3, -0.25) is 4.79 Å². The number of H-pyrrole nitrogens is 1. The van der Waals surface area contributed by atoms with Crippen molar-refractivity contribution in [3.05, 3.63) is 46.6 Å². The molecule has 0 aliphatic carbocycles. The lowest BCUT2D eigenvalue weighted by Crippen LogP contribution is -2.09. The highest BCUT2D eigenvalue weighted by atomic mass is 19.1. The summed E-state index contributed by atoms with van der Waals surface area (Å²) in [7, 11) is 0. The first-order valence-electron chi connectivity index (χ1n) is 3.55. The van der Waals surface area contributed by atoms with Crippen molar-refractivity contribution in [1.82, 2.24) is 4.98 Å². The lowest BCUT2D eigenvalue weighted by molar-refractivity contribution is 0.621. The molecule has 0 unspecified atom stereocenters. The quantitative estimate of drug-likeness (QED) is 0.629. The van der Waals surface area contributed by atoms with E-state index < -0.39 is 11.4 Å². The molecular weight excluding hydrogens is 157 g/mol. The zero-order chi connectivity index (χ0) is 8.55. The van der Waals surface area contributed by atoms with Gasteiger partial charge in [-0.1, -0.05) is 24.3 Å². The molecule has 0 atom stereocenters. The number of aromatic nitrogens is 1. The maximum Gasteiger partial charge on any atom is 0.284 e. The third-order valence-electron chi connectivity index (χ3n) is 1.76. The Hall–Kier alpha value is -1.64. The summed E-state index contributed by atoms with van der Waals surface area (Å²) in [6.45, 7) is 0. The molecule has 0 fully saturated rings. The number of nitrogens with one attached hydrogen (secondary N) is 1. The van der Waals surface area contributed by atoms with Crippen molar-refractivity contribution in [3.63, 3.8) is 0 Å². The second kappa shape index (κ2) is 2.44. The summed E-state index contributed by atoms with van der Waals surface area (Å²) in [6, 6.07) is 6.82. The van der Waals surface area contributed by atoms with Gasteiger partial charge in [-0.15, -0.1) is 0 Å². The average molecular weight is 163 g/mol. The van der Waals surface area contributed by atoms with Gasteiger partial charge >= 0.3 is 0 Å². The first-order chi connectivity index (χ1) is 5.79. The van der Waals surface area contributed by atoms with Crippen LogP contribution in [0.15, 0.2) is 35.3 Å². The van der Waals surface area contributed by atoms with Gasteiger partial charge in [0.05, 0.1) is 0 Å². The molecule has 0 saturated carbocycles. The SMILES string of the molecule is O=c1[nH]cc2ccccc2c1F. The number of fused-ring (bicyclic) bond motifs is 1. The van der Waals surface area contributed by atoms with E-state index in [-0.39, 0.29) is 0 Å². The van der Waals surface area contributed by atoms with E-state index in [1.54, 1.807) is 24.3 Å². The van der Waals surface area contributed by atoms with Crippen molar-refractivity contribution >= 4 is 10.8 Å². The molecule has 0 saturated heterocycles. The van der Waals surface area contributed by atoms with E-state index in [4.69, 9.17) is 0 Å². The van der Waals surface area contributed by atoms with Gasteiger partial charge in [-0.25, -0.2) is 4.39 Å². The van der Waals surface area contributed by atoms with E-state index in [9.17, 15) is 9.18 Å². The van der Waals surface area contributed by atoms with Crippen molar-refractivity contribution in [1.29, 1.82) is 0 Å². The predicted molar refractivity (Wildman–Crippen MR) is 44.5 cm³/mol. The van der Waals surface area contributed by atoms with Crippen LogP contribution >= 0.6 is 0 Å². The maximum absolute atomic E-state index is 13.1. The number of aromatic amines is 1. The Morgan fingerprint density at radius 1 is 1.25 bits per heavy atom. The highest BCUT2D eigenvalue weighted by molar-refractivity contribution is 5.81. The van der Waals surface area contributed by atoms with Crippen molar-refractivity contribution in [2.24, 2.45) is 0 Å². The van der Waals surface area contributed by atoms with Crippen LogP contribution in [0.2, 0.25) is 0 Å². The van der Waals surface area contributed by atoms with Gasteiger partial charge < -0.3 is 4.98 Å². The second-order valence-corrected chi connectivity index (χ2v) is 2.52. The third-order valence-corrected chi connectivity index (χ3v) is 1.76. The topological polar surface area (TPSA) is 32.9 Å². The lowest BCUT2D eigenvalue weighted by Gasteiger charge is -1.95. The van der Waals surface area contributed by atoms with Crippen molar-refractivity contribution in [2.75, 3.05) is 0 Å². The van der Waals surface area contributed by atoms with Crippen LogP contribution in [0.1, 0.15) is 0 Å². The third kappa shape index (κ3) is 0.906. The van der Waals surface area contributed by atoms with Crippen LogP contribution in [0.3, 0.4) is 0 Å². The fraction of sp³-hybridized carbons (Fsp3) is 0. The summed E-state index contributed by atoms with van der Waals surface area (Å²) >= 11 is 0. The van der Waals surface area contributed by atoms with Crippen LogP contribution < -0.4 is 5.56 Å². The molecule has 0 aliphatic heterocycles. The van der Waals surface area contributed by atoms with Gasteiger partial charge in [0, 0.05) is 17.0 Å². The zero-order valence-electron chi connectivity index (χ0n) is 6.17. The number of rotatable bonds is 0. The number of halogens is 1. The highest BCUT2D eigenvalue weighted by Crippen LogP contribution is 2.11. The summed E-state index contributed by atoms with van der Waals surface area (Å²) in [4.78, 5) is 13.1. The Kier molecular flexibility index (Phi) is 1.43. The molecule has 0 aliphatic rings. The van der Waals surface area contributed by atoms with E-state index in [1.807, 2.05) is 0 Å². The molecule has 60 valence electrons. The molecular formula is C9H6FNO. The second-order valence-electron chi connectivity index (χ2n) is 2.52. The molecule has 2 nitrogen and oxygen atoms in total. The Morgan fingerprint density at radius 3 is 2.83 bits per heavy atom. The highest BCUT2D eigenvalue weighted by Gasteiger charge is 2.02. The van der Waals surface area contributed by atoms with E-state index >= 15 is 0 Å². The number of benzene rings is 1. The summed E-state index contributed by atoms with van der Waals surface area (Å²) in [5.41, 5.74) is -0.672. The van der Waals surface area contributed by atoms with Crippen molar-refractivity contribution < 1.29 is 4.39 Å². The summed E-state index contributed by atoms with van der Waals surface area (Å²) in [6.07, 6.45) is 1.50. The minimum atomic E-state index is -0.715. The van der Waals surface area contributed by atoms with E-state index in [1.165, 1.54) is 6.20 Å². The fourth-order valence-corrected chi connectivity index (χ4v) is 1.15. The van der Waals surface area contributed by atoms with Crippen LogP contribution in [0.25, 0.3) is 10.8 Å². The Balaban J connectivity index is 3.01. The minimum absolute atomic E-state index is 0.362. The minimum Gasteiger partial charge on any atom is -0.326 e. The Labute approximate surface area is 67.7 Å². The smallest absolute Gasteiger partial charge is 0.284 e. The van der Waals surface area contributed by atoms with Crippen LogP contribution in [0.4, 0.5) is 4.39 Å². The molecule has 0 spiro atoms. The van der Waals surface area contributed by atoms with Crippen LogP contribution in [0.5, 0.6) is 0 Å².